The van der Waals surface area contributed by atoms with Crippen molar-refractivity contribution < 1.29 is 23.8 Å². The third-order valence-corrected chi connectivity index (χ3v) is 5.45. The summed E-state index contributed by atoms with van der Waals surface area (Å²) in [7, 11) is 3.15. The van der Waals surface area contributed by atoms with Crippen LogP contribution in [-0.4, -0.2) is 48.8 Å². The molecule has 0 aliphatic carbocycles. The number of carbonyl (C=O) groups is 2. The molecule has 1 aliphatic heterocycles. The van der Waals surface area contributed by atoms with E-state index in [1.54, 1.807) is 7.11 Å². The largest absolute Gasteiger partial charge is 0.488 e. The minimum absolute atomic E-state index is 0.0167. The number of carbonyl (C=O) groups excluding carboxylic acids is 2. The molecule has 1 aliphatic rings. The van der Waals surface area contributed by atoms with Crippen LogP contribution in [0, 0.1) is 5.92 Å². The van der Waals surface area contributed by atoms with Crippen molar-refractivity contribution in [1.82, 2.24) is 20.4 Å². The smallest absolute Gasteiger partial charge is 0.275 e. The summed E-state index contributed by atoms with van der Waals surface area (Å²) in [6, 6.07) is 3.30. The molecular formula is C23H30N4O6. The van der Waals surface area contributed by atoms with Gasteiger partial charge in [-0.05, 0) is 24.0 Å². The molecule has 33 heavy (non-hydrogen) atoms. The van der Waals surface area contributed by atoms with Crippen LogP contribution in [0.4, 0.5) is 0 Å². The second-order valence-corrected chi connectivity index (χ2v) is 8.19. The van der Waals surface area contributed by atoms with Crippen molar-refractivity contribution in [3.8, 4) is 23.0 Å². The summed E-state index contributed by atoms with van der Waals surface area (Å²) in [4.78, 5) is 41.0. The summed E-state index contributed by atoms with van der Waals surface area (Å²) in [6.07, 6.45) is 2.90. The second kappa shape index (κ2) is 10.5. The van der Waals surface area contributed by atoms with Crippen LogP contribution in [0.15, 0.2) is 23.1 Å². The zero-order valence-corrected chi connectivity index (χ0v) is 19.6. The van der Waals surface area contributed by atoms with Gasteiger partial charge in [-0.15, -0.1) is 0 Å². The minimum atomic E-state index is -0.677. The highest BCUT2D eigenvalue weighted by atomic mass is 16.5. The van der Waals surface area contributed by atoms with Crippen molar-refractivity contribution in [1.29, 1.82) is 0 Å². The van der Waals surface area contributed by atoms with E-state index in [9.17, 15) is 14.4 Å². The van der Waals surface area contributed by atoms with Gasteiger partial charge in [0.2, 0.25) is 5.91 Å². The van der Waals surface area contributed by atoms with Gasteiger partial charge in [0, 0.05) is 45.4 Å². The molecule has 0 fully saturated rings. The first-order chi connectivity index (χ1) is 15.8. The predicted octanol–water partition coefficient (Wildman–Crippen LogP) is 1.87. The summed E-state index contributed by atoms with van der Waals surface area (Å²) in [5.74, 6) is -0.0486. The molecular weight excluding hydrogens is 428 g/mol. The number of nitrogens with one attached hydrogen (secondary N) is 2. The Labute approximate surface area is 192 Å². The van der Waals surface area contributed by atoms with Crippen molar-refractivity contribution in [3.05, 3.63) is 39.7 Å². The lowest BCUT2D eigenvalue weighted by Gasteiger charge is -2.33. The standard InChI is InChI=1S/C23H30N4O6/c1-13(2)17-9-15-10-20(33-8-6-7-31-4)23(32-5)24-21(15)18-11-19(29)16(12-27(17)18)22(30)26-25-14(3)28/h10-13,17H,6-9H2,1-5H3,(H,25,28)(H,26,30). The molecule has 1 unspecified atom stereocenters. The Bertz CT molecular complexity index is 1100. The number of hydrogen-bond acceptors (Lipinski definition) is 7. The maximum atomic E-state index is 12.8. The van der Waals surface area contributed by atoms with Crippen molar-refractivity contribution in [2.45, 2.75) is 39.7 Å². The minimum Gasteiger partial charge on any atom is -0.488 e. The number of rotatable bonds is 8. The van der Waals surface area contributed by atoms with E-state index < -0.39 is 17.2 Å². The van der Waals surface area contributed by atoms with Crippen LogP contribution in [-0.2, 0) is 16.0 Å². The normalized spacial score (nSPS) is 14.3. The molecule has 1 atom stereocenters. The zero-order chi connectivity index (χ0) is 24.1. The topological polar surface area (TPSA) is 121 Å². The summed E-state index contributed by atoms with van der Waals surface area (Å²) in [5.41, 5.74) is 6.07. The molecule has 3 heterocycles. The molecule has 0 spiro atoms. The number of hydrazine groups is 1. The lowest BCUT2D eigenvalue weighted by Crippen LogP contribution is -2.42. The van der Waals surface area contributed by atoms with E-state index in [2.05, 4.69) is 29.7 Å². The fourth-order valence-corrected chi connectivity index (χ4v) is 3.81. The van der Waals surface area contributed by atoms with Crippen LogP contribution in [0.1, 0.15) is 49.2 Å². The lowest BCUT2D eigenvalue weighted by atomic mass is 9.89. The van der Waals surface area contributed by atoms with Crippen LogP contribution in [0.2, 0.25) is 0 Å². The second-order valence-electron chi connectivity index (χ2n) is 8.19. The van der Waals surface area contributed by atoms with Crippen molar-refractivity contribution in [2.24, 2.45) is 5.92 Å². The molecule has 2 aromatic heterocycles. The molecule has 178 valence electrons. The van der Waals surface area contributed by atoms with E-state index in [0.717, 1.165) is 12.0 Å². The fourth-order valence-electron chi connectivity index (χ4n) is 3.81. The van der Waals surface area contributed by atoms with Gasteiger partial charge < -0.3 is 18.8 Å². The van der Waals surface area contributed by atoms with Gasteiger partial charge in [-0.1, -0.05) is 13.8 Å². The number of methoxy groups -OCH3 is 2. The van der Waals surface area contributed by atoms with Crippen LogP contribution >= 0.6 is 0 Å². The van der Waals surface area contributed by atoms with Gasteiger partial charge in [-0.25, -0.2) is 4.98 Å². The van der Waals surface area contributed by atoms with Crippen LogP contribution in [0.3, 0.4) is 0 Å². The van der Waals surface area contributed by atoms with Crippen molar-refractivity contribution in [3.63, 3.8) is 0 Å². The number of ether oxygens (including phenoxy) is 3. The van der Waals surface area contributed by atoms with Gasteiger partial charge in [-0.2, -0.15) is 0 Å². The first kappa shape index (κ1) is 24.2. The van der Waals surface area contributed by atoms with Gasteiger partial charge in [0.25, 0.3) is 11.8 Å². The maximum absolute atomic E-state index is 12.8. The highest BCUT2D eigenvalue weighted by molar-refractivity contribution is 5.95. The molecule has 3 rings (SSSR count). The average Bonchev–Trinajstić information content (AvgIpc) is 2.78. The lowest BCUT2D eigenvalue weighted by molar-refractivity contribution is -0.119. The summed E-state index contributed by atoms with van der Waals surface area (Å²) >= 11 is 0. The van der Waals surface area contributed by atoms with E-state index >= 15 is 0 Å². The molecule has 0 aromatic carbocycles. The quantitative estimate of drug-likeness (QED) is 0.458. The van der Waals surface area contributed by atoms with Crippen molar-refractivity contribution in [2.75, 3.05) is 27.4 Å². The molecule has 0 saturated heterocycles. The van der Waals surface area contributed by atoms with Crippen LogP contribution < -0.4 is 25.8 Å². The average molecular weight is 459 g/mol. The number of hydrogen-bond donors (Lipinski definition) is 2. The zero-order valence-electron chi connectivity index (χ0n) is 19.6. The molecule has 0 bridgehead atoms. The number of aromatic nitrogens is 2. The molecule has 10 nitrogen and oxygen atoms in total. The Morgan fingerprint density at radius 1 is 1.21 bits per heavy atom. The van der Waals surface area contributed by atoms with Gasteiger partial charge in [0.1, 0.15) is 5.56 Å². The predicted molar refractivity (Wildman–Crippen MR) is 121 cm³/mol. The van der Waals surface area contributed by atoms with E-state index in [1.807, 2.05) is 10.6 Å². The highest BCUT2D eigenvalue weighted by Gasteiger charge is 2.30. The van der Waals surface area contributed by atoms with E-state index in [-0.39, 0.29) is 17.5 Å². The number of fused-ring (bicyclic) bond motifs is 3. The van der Waals surface area contributed by atoms with Crippen LogP contribution in [0.5, 0.6) is 11.6 Å². The number of nitrogens with zero attached hydrogens (tertiary/aromatic N) is 2. The molecule has 0 radical (unpaired) electrons. The van der Waals surface area contributed by atoms with E-state index in [1.165, 1.54) is 26.3 Å². The van der Waals surface area contributed by atoms with Crippen molar-refractivity contribution >= 4 is 11.8 Å². The number of pyridine rings is 2. The summed E-state index contributed by atoms with van der Waals surface area (Å²) in [6.45, 7) is 6.47. The Balaban J connectivity index is 2.05. The third kappa shape index (κ3) is 5.33. The molecule has 2 aromatic rings. The van der Waals surface area contributed by atoms with Gasteiger partial charge in [0.05, 0.1) is 25.1 Å². The van der Waals surface area contributed by atoms with Gasteiger partial charge in [-0.3, -0.25) is 25.2 Å². The Kier molecular flexibility index (Phi) is 7.70. The molecule has 10 heteroatoms. The molecule has 2 amide bonds. The van der Waals surface area contributed by atoms with E-state index in [0.29, 0.717) is 42.7 Å². The van der Waals surface area contributed by atoms with Gasteiger partial charge >= 0.3 is 0 Å². The summed E-state index contributed by atoms with van der Waals surface area (Å²) in [5, 5.41) is 0. The van der Waals surface area contributed by atoms with Crippen LogP contribution in [0.25, 0.3) is 11.4 Å². The molecule has 2 N–H and O–H groups in total. The summed E-state index contributed by atoms with van der Waals surface area (Å²) < 4.78 is 18.3. The Hall–Kier alpha value is -3.40. The first-order valence-corrected chi connectivity index (χ1v) is 10.8. The first-order valence-electron chi connectivity index (χ1n) is 10.8. The Morgan fingerprint density at radius 3 is 2.61 bits per heavy atom. The molecule has 0 saturated carbocycles. The third-order valence-electron chi connectivity index (χ3n) is 5.45. The highest BCUT2D eigenvalue weighted by Crippen LogP contribution is 2.40. The monoisotopic (exact) mass is 458 g/mol. The van der Waals surface area contributed by atoms with E-state index in [4.69, 9.17) is 14.2 Å². The number of amides is 2. The maximum Gasteiger partial charge on any atom is 0.275 e. The fraction of sp³-hybridized carbons (Fsp3) is 0.478. The Morgan fingerprint density at radius 2 is 1.97 bits per heavy atom. The van der Waals surface area contributed by atoms with Gasteiger partial charge in [0.15, 0.2) is 11.2 Å². The SMILES string of the molecule is COCCCOc1cc2c(nc1OC)-c1cc(=O)c(C(=O)NNC(C)=O)cn1C(C(C)C)C2.